The molecule has 2 nitrogen and oxygen atoms in total. The van der Waals surface area contributed by atoms with Crippen LogP contribution in [0, 0.1) is 5.41 Å². The number of rotatable bonds is 5. The number of nitrogens with zero attached hydrogens (tertiary/aromatic N) is 2. The number of unbranched alkanes of at least 4 members (excludes halogenated alkanes) is 1. The third kappa shape index (κ3) is 5.03. The zero-order chi connectivity index (χ0) is 11.3. The summed E-state index contributed by atoms with van der Waals surface area (Å²) in [5.41, 5.74) is 0.506. The van der Waals surface area contributed by atoms with Gasteiger partial charge in [0, 0.05) is 19.6 Å². The van der Waals surface area contributed by atoms with Crippen LogP contribution < -0.4 is 0 Å². The van der Waals surface area contributed by atoms with Crippen molar-refractivity contribution in [3.63, 3.8) is 0 Å². The van der Waals surface area contributed by atoms with Crippen molar-refractivity contribution in [1.82, 2.24) is 9.71 Å². The molecule has 1 saturated heterocycles. The first-order chi connectivity index (χ1) is 7.03. The van der Waals surface area contributed by atoms with Crippen LogP contribution in [0.25, 0.3) is 0 Å². The van der Waals surface area contributed by atoms with Gasteiger partial charge < -0.3 is 9.71 Å². The van der Waals surface area contributed by atoms with Gasteiger partial charge in [-0.15, -0.1) is 0 Å². The van der Waals surface area contributed by atoms with E-state index in [1.807, 2.05) is 0 Å². The van der Waals surface area contributed by atoms with Crippen molar-refractivity contribution in [1.29, 1.82) is 0 Å². The lowest BCUT2D eigenvalue weighted by Crippen LogP contribution is -2.48. The number of piperazine rings is 1. The maximum Gasteiger partial charge on any atom is 0.185 e. The van der Waals surface area contributed by atoms with Crippen LogP contribution in [-0.2, 0) is 0 Å². The molecule has 15 heavy (non-hydrogen) atoms. The highest BCUT2D eigenvalue weighted by Gasteiger charge is 2.23. The fraction of sp³-hybridized carbons (Fsp3) is 1.00. The minimum Gasteiger partial charge on any atom is -0.346 e. The van der Waals surface area contributed by atoms with Crippen molar-refractivity contribution in [3.8, 4) is 0 Å². The van der Waals surface area contributed by atoms with Gasteiger partial charge in [0.15, 0.2) is 7.98 Å². The van der Waals surface area contributed by atoms with Crippen molar-refractivity contribution in [2.45, 2.75) is 40.0 Å². The molecule has 0 aromatic heterocycles. The molecule has 1 fully saturated rings. The number of hydrogen-bond donors (Lipinski definition) is 0. The van der Waals surface area contributed by atoms with Gasteiger partial charge in [0.25, 0.3) is 0 Å². The topological polar surface area (TPSA) is 6.48 Å². The summed E-state index contributed by atoms with van der Waals surface area (Å²) in [7, 11) is 2.22. The van der Waals surface area contributed by atoms with E-state index < -0.39 is 0 Å². The highest BCUT2D eigenvalue weighted by molar-refractivity contribution is 6.04. The quantitative estimate of drug-likeness (QED) is 0.632. The van der Waals surface area contributed by atoms with Crippen LogP contribution in [0.15, 0.2) is 0 Å². The lowest BCUT2D eigenvalue weighted by atomic mass is 9.86. The van der Waals surface area contributed by atoms with Crippen LogP contribution >= 0.6 is 0 Å². The molecule has 1 heterocycles. The molecule has 0 unspecified atom stereocenters. The van der Waals surface area contributed by atoms with Gasteiger partial charge in [0.2, 0.25) is 0 Å². The molecule has 1 rings (SSSR count). The Morgan fingerprint density at radius 2 is 1.73 bits per heavy atom. The van der Waals surface area contributed by atoms with E-state index in [0.29, 0.717) is 5.41 Å². The molecule has 1 aliphatic rings. The van der Waals surface area contributed by atoms with Crippen LogP contribution in [0.1, 0.15) is 40.0 Å². The summed E-state index contributed by atoms with van der Waals surface area (Å²) < 4.78 is 0. The molecular weight excluding hydrogens is 183 g/mol. The first-order valence-corrected chi connectivity index (χ1v) is 6.44. The Kier molecular flexibility index (Phi) is 5.14. The van der Waals surface area contributed by atoms with E-state index in [0.717, 1.165) is 0 Å². The minimum atomic E-state index is 0.506. The third-order valence-corrected chi connectivity index (χ3v) is 3.45. The van der Waals surface area contributed by atoms with E-state index in [4.69, 9.17) is 0 Å². The van der Waals surface area contributed by atoms with Crippen molar-refractivity contribution in [2.75, 3.05) is 32.7 Å². The molecule has 0 atom stereocenters. The predicted octanol–water partition coefficient (Wildman–Crippen LogP) is 1.37. The van der Waals surface area contributed by atoms with Crippen molar-refractivity contribution >= 4 is 7.98 Å². The van der Waals surface area contributed by atoms with Gasteiger partial charge in [0.1, 0.15) is 0 Å². The summed E-state index contributed by atoms with van der Waals surface area (Å²) in [6, 6.07) is 0. The fourth-order valence-electron chi connectivity index (χ4n) is 2.35. The van der Waals surface area contributed by atoms with Crippen LogP contribution in [0.4, 0.5) is 0 Å². The second-order valence-corrected chi connectivity index (χ2v) is 5.85. The van der Waals surface area contributed by atoms with Crippen molar-refractivity contribution in [3.05, 3.63) is 0 Å². The van der Waals surface area contributed by atoms with Crippen LogP contribution in [-0.4, -0.2) is 50.4 Å². The molecule has 0 amide bonds. The van der Waals surface area contributed by atoms with Gasteiger partial charge in [-0.05, 0) is 24.9 Å². The number of hydrogen-bond acceptors (Lipinski definition) is 2. The second kappa shape index (κ2) is 5.90. The van der Waals surface area contributed by atoms with Gasteiger partial charge in [-0.1, -0.05) is 33.6 Å². The van der Waals surface area contributed by atoms with E-state index in [9.17, 15) is 0 Å². The summed E-state index contributed by atoms with van der Waals surface area (Å²) in [5.74, 6) is 0. The van der Waals surface area contributed by atoms with E-state index in [-0.39, 0.29) is 0 Å². The van der Waals surface area contributed by atoms with E-state index >= 15 is 0 Å². The molecule has 0 bridgehead atoms. The Hall–Kier alpha value is -0.0151. The monoisotopic (exact) mass is 210 g/mol. The average Bonchev–Trinajstić information content (AvgIpc) is 2.18. The van der Waals surface area contributed by atoms with Crippen LogP contribution in [0.2, 0.25) is 0 Å². The largest absolute Gasteiger partial charge is 0.346 e. The van der Waals surface area contributed by atoms with Gasteiger partial charge in [-0.2, -0.15) is 0 Å². The van der Waals surface area contributed by atoms with E-state index in [1.165, 1.54) is 52.0 Å². The van der Waals surface area contributed by atoms with Crippen LogP contribution in [0.5, 0.6) is 0 Å². The van der Waals surface area contributed by atoms with Crippen molar-refractivity contribution in [2.24, 2.45) is 5.41 Å². The molecule has 0 aromatic carbocycles. The Bertz CT molecular complexity index is 174. The summed E-state index contributed by atoms with van der Waals surface area (Å²) in [5, 5.41) is 0. The zero-order valence-electron chi connectivity index (χ0n) is 11.1. The molecule has 0 aliphatic carbocycles. The van der Waals surface area contributed by atoms with Gasteiger partial charge in [-0.3, -0.25) is 0 Å². The lowest BCUT2D eigenvalue weighted by Gasteiger charge is -2.38. The van der Waals surface area contributed by atoms with Gasteiger partial charge in [-0.25, -0.2) is 0 Å². The SMILES string of the molecule is BN1CCN(CC(C)(C)CCCC)CC1. The van der Waals surface area contributed by atoms with Crippen LogP contribution in [0.3, 0.4) is 0 Å². The van der Waals surface area contributed by atoms with E-state index in [1.54, 1.807) is 0 Å². The first-order valence-electron chi connectivity index (χ1n) is 6.44. The normalized spacial score (nSPS) is 20.7. The standard InChI is InChI=1S/C12H27BN2/c1-4-5-6-12(2,3)11-14-7-9-15(13)10-8-14/h4-11,13H2,1-3H3. The molecule has 3 heteroatoms. The zero-order valence-corrected chi connectivity index (χ0v) is 11.1. The summed E-state index contributed by atoms with van der Waals surface area (Å²) in [6.45, 7) is 13.4. The molecule has 0 saturated carbocycles. The predicted molar refractivity (Wildman–Crippen MR) is 69.9 cm³/mol. The minimum absolute atomic E-state index is 0.506. The Labute approximate surface area is 96.4 Å². The van der Waals surface area contributed by atoms with Gasteiger partial charge in [0.05, 0.1) is 0 Å². The third-order valence-electron chi connectivity index (χ3n) is 3.45. The molecule has 88 valence electrons. The maximum atomic E-state index is 2.63. The smallest absolute Gasteiger partial charge is 0.185 e. The summed E-state index contributed by atoms with van der Waals surface area (Å²) in [4.78, 5) is 5.06. The summed E-state index contributed by atoms with van der Waals surface area (Å²) in [6.07, 6.45) is 4.07. The van der Waals surface area contributed by atoms with Crippen molar-refractivity contribution < 1.29 is 0 Å². The Balaban J connectivity index is 2.27. The van der Waals surface area contributed by atoms with Gasteiger partial charge >= 0.3 is 0 Å². The second-order valence-electron chi connectivity index (χ2n) is 5.85. The molecular formula is C12H27BN2. The molecule has 0 spiro atoms. The maximum absolute atomic E-state index is 2.63. The average molecular weight is 210 g/mol. The fourth-order valence-corrected chi connectivity index (χ4v) is 2.35. The Morgan fingerprint density at radius 3 is 2.27 bits per heavy atom. The Morgan fingerprint density at radius 1 is 1.13 bits per heavy atom. The lowest BCUT2D eigenvalue weighted by molar-refractivity contribution is 0.126. The first kappa shape index (κ1) is 13.1. The molecule has 0 N–H and O–H groups in total. The highest BCUT2D eigenvalue weighted by atomic mass is 15.2. The van der Waals surface area contributed by atoms with E-state index in [2.05, 4.69) is 38.5 Å². The molecule has 1 aliphatic heterocycles. The molecule has 0 radical (unpaired) electrons. The summed E-state index contributed by atoms with van der Waals surface area (Å²) >= 11 is 0. The highest BCUT2D eigenvalue weighted by Crippen LogP contribution is 2.24. The molecule has 0 aromatic rings.